The zero-order valence-electron chi connectivity index (χ0n) is 18.2. The number of methoxy groups -OCH3 is 2. The minimum atomic E-state index is 0.736. The van der Waals surface area contributed by atoms with Crippen molar-refractivity contribution >= 4 is 34.4 Å². The Morgan fingerprint density at radius 3 is 2.26 bits per heavy atom. The minimum absolute atomic E-state index is 0.736. The summed E-state index contributed by atoms with van der Waals surface area (Å²) in [5.41, 5.74) is 5.71. The van der Waals surface area contributed by atoms with Gasteiger partial charge in [-0.25, -0.2) is 9.97 Å². The summed E-state index contributed by atoms with van der Waals surface area (Å²) in [6.07, 6.45) is 0. The Morgan fingerprint density at radius 2 is 1.61 bits per heavy atom. The lowest BCUT2D eigenvalue weighted by molar-refractivity contribution is 0.355. The first-order chi connectivity index (χ1) is 15.0. The van der Waals surface area contributed by atoms with Crippen molar-refractivity contribution in [3.8, 4) is 31.7 Å². The summed E-state index contributed by atoms with van der Waals surface area (Å²) in [4.78, 5) is 13.0. The van der Waals surface area contributed by atoms with Crippen LogP contribution in [0.3, 0.4) is 0 Å². The van der Waals surface area contributed by atoms with Crippen LogP contribution in [0.25, 0.3) is 20.2 Å². The van der Waals surface area contributed by atoms with Crippen molar-refractivity contribution in [2.24, 2.45) is 0 Å². The third kappa shape index (κ3) is 4.95. The lowest BCUT2D eigenvalue weighted by Gasteiger charge is -2.08. The number of aryl methyl sites for hydroxylation is 3. The molecular formula is C24H24N2O2S3. The predicted octanol–water partition coefficient (Wildman–Crippen LogP) is 7.17. The minimum Gasteiger partial charge on any atom is -0.493 e. The molecule has 0 radical (unpaired) electrons. The van der Waals surface area contributed by atoms with E-state index in [1.165, 1.54) is 25.8 Å². The molecule has 4 nitrogen and oxygen atoms in total. The maximum atomic E-state index is 5.51. The van der Waals surface area contributed by atoms with Gasteiger partial charge < -0.3 is 9.47 Å². The topological polar surface area (TPSA) is 44.2 Å². The molecule has 7 heteroatoms. The fourth-order valence-electron chi connectivity index (χ4n) is 3.33. The van der Waals surface area contributed by atoms with Crippen molar-refractivity contribution in [3.63, 3.8) is 0 Å². The van der Waals surface area contributed by atoms with Crippen LogP contribution in [-0.4, -0.2) is 24.2 Å². The number of nitrogens with zero attached hydrogens (tertiary/aromatic N) is 2. The monoisotopic (exact) mass is 468 g/mol. The van der Waals surface area contributed by atoms with E-state index in [2.05, 4.69) is 40.5 Å². The zero-order chi connectivity index (χ0) is 22.0. The summed E-state index contributed by atoms with van der Waals surface area (Å²) in [6, 6.07) is 12.6. The lowest BCUT2D eigenvalue weighted by atomic mass is 10.1. The van der Waals surface area contributed by atoms with Crippen LogP contribution in [0.1, 0.15) is 22.5 Å². The van der Waals surface area contributed by atoms with Crippen LogP contribution >= 0.6 is 34.4 Å². The summed E-state index contributed by atoms with van der Waals surface area (Å²) in [6.45, 7) is 6.16. The average molecular weight is 469 g/mol. The second kappa shape index (κ2) is 9.42. The highest BCUT2D eigenvalue weighted by molar-refractivity contribution is 7.98. The molecule has 0 amide bonds. The maximum Gasteiger partial charge on any atom is 0.188 e. The smallest absolute Gasteiger partial charge is 0.188 e. The predicted molar refractivity (Wildman–Crippen MR) is 132 cm³/mol. The molecule has 0 unspecified atom stereocenters. The molecule has 3 heterocycles. The van der Waals surface area contributed by atoms with E-state index in [9.17, 15) is 0 Å². The van der Waals surface area contributed by atoms with E-state index >= 15 is 0 Å². The van der Waals surface area contributed by atoms with E-state index in [-0.39, 0.29) is 0 Å². The number of ether oxygens (including phenoxy) is 2. The summed E-state index contributed by atoms with van der Waals surface area (Å²) in [5.74, 6) is 2.29. The Balaban J connectivity index is 1.71. The van der Waals surface area contributed by atoms with Crippen LogP contribution in [0.4, 0.5) is 0 Å². The first kappa shape index (κ1) is 21.9. The summed E-state index contributed by atoms with van der Waals surface area (Å²) in [5, 5.41) is 3.03. The summed E-state index contributed by atoms with van der Waals surface area (Å²) >= 11 is 5.29. The average Bonchev–Trinajstić information content (AvgIpc) is 3.37. The number of benzene rings is 1. The Kier molecular flexibility index (Phi) is 6.65. The molecular weight excluding hydrogens is 444 g/mol. The molecule has 0 saturated carbocycles. The SMILES string of the molecule is COc1ccc(-c2cc(CSc3nc(C)cc(C)n3)c(-c3cc(C)cs3)s2)cc1OC. The van der Waals surface area contributed by atoms with Gasteiger partial charge in [-0.1, -0.05) is 11.8 Å². The van der Waals surface area contributed by atoms with Crippen molar-refractivity contribution in [1.82, 2.24) is 9.97 Å². The van der Waals surface area contributed by atoms with Gasteiger partial charge in [0, 0.05) is 31.8 Å². The molecule has 0 aliphatic carbocycles. The van der Waals surface area contributed by atoms with Gasteiger partial charge >= 0.3 is 0 Å². The first-order valence-corrected chi connectivity index (χ1v) is 12.5. The molecule has 0 fully saturated rings. The number of thioether (sulfide) groups is 1. The second-order valence-corrected chi connectivity index (χ2v) is 10.2. The van der Waals surface area contributed by atoms with Gasteiger partial charge in [-0.05, 0) is 79.2 Å². The van der Waals surface area contributed by atoms with Crippen LogP contribution < -0.4 is 9.47 Å². The van der Waals surface area contributed by atoms with E-state index in [0.29, 0.717) is 0 Å². The highest BCUT2D eigenvalue weighted by Crippen LogP contribution is 2.44. The third-order valence-corrected chi connectivity index (χ3v) is 8.10. The van der Waals surface area contributed by atoms with Crippen molar-refractivity contribution in [2.75, 3.05) is 14.2 Å². The zero-order valence-corrected chi connectivity index (χ0v) is 20.6. The van der Waals surface area contributed by atoms with Gasteiger partial charge in [0.05, 0.1) is 14.2 Å². The molecule has 3 aromatic heterocycles. The van der Waals surface area contributed by atoms with Crippen LogP contribution in [0, 0.1) is 20.8 Å². The fourth-order valence-corrected chi connectivity index (χ4v) is 6.58. The largest absolute Gasteiger partial charge is 0.493 e. The number of hydrogen-bond acceptors (Lipinski definition) is 7. The van der Waals surface area contributed by atoms with Crippen LogP contribution in [0.2, 0.25) is 0 Å². The highest BCUT2D eigenvalue weighted by Gasteiger charge is 2.16. The van der Waals surface area contributed by atoms with E-state index in [4.69, 9.17) is 9.47 Å². The molecule has 0 aliphatic heterocycles. The molecule has 1 aromatic carbocycles. The van der Waals surface area contributed by atoms with Gasteiger partial charge in [0.15, 0.2) is 16.7 Å². The van der Waals surface area contributed by atoms with Crippen LogP contribution in [0.15, 0.2) is 46.9 Å². The van der Waals surface area contributed by atoms with Crippen molar-refractivity contribution in [2.45, 2.75) is 31.7 Å². The van der Waals surface area contributed by atoms with E-state index in [1.807, 2.05) is 43.4 Å². The van der Waals surface area contributed by atoms with E-state index in [1.54, 1.807) is 37.3 Å². The number of rotatable bonds is 7. The van der Waals surface area contributed by atoms with Gasteiger partial charge in [-0.3, -0.25) is 0 Å². The molecule has 160 valence electrons. The molecule has 31 heavy (non-hydrogen) atoms. The fraction of sp³-hybridized carbons (Fsp3) is 0.250. The van der Waals surface area contributed by atoms with Crippen molar-refractivity contribution in [1.29, 1.82) is 0 Å². The van der Waals surface area contributed by atoms with Gasteiger partial charge in [-0.2, -0.15) is 0 Å². The van der Waals surface area contributed by atoms with Gasteiger partial charge in [0.25, 0.3) is 0 Å². The van der Waals surface area contributed by atoms with Gasteiger partial charge in [0.1, 0.15) is 0 Å². The highest BCUT2D eigenvalue weighted by atomic mass is 32.2. The number of hydrogen-bond donors (Lipinski definition) is 0. The lowest BCUT2D eigenvalue weighted by Crippen LogP contribution is -1.93. The Bertz CT molecular complexity index is 1190. The standard InChI is InChI=1S/C24H24N2O2S3/c1-14-8-22(29-12-14)23-18(13-30-24-25-15(2)9-16(3)26-24)11-21(31-23)17-6-7-19(27-4)20(10-17)28-5/h6-12H,13H2,1-5H3. The molecule has 0 N–H and O–H groups in total. The molecule has 4 aromatic rings. The van der Waals surface area contributed by atoms with Gasteiger partial charge in [-0.15, -0.1) is 22.7 Å². The Hall–Kier alpha value is -2.35. The first-order valence-electron chi connectivity index (χ1n) is 9.82. The van der Waals surface area contributed by atoms with E-state index < -0.39 is 0 Å². The number of aromatic nitrogens is 2. The van der Waals surface area contributed by atoms with E-state index in [0.717, 1.165) is 39.4 Å². The molecule has 0 bridgehead atoms. The normalized spacial score (nSPS) is 11.0. The van der Waals surface area contributed by atoms with Crippen molar-refractivity contribution in [3.05, 3.63) is 64.3 Å². The van der Waals surface area contributed by atoms with Crippen LogP contribution in [-0.2, 0) is 5.75 Å². The van der Waals surface area contributed by atoms with Crippen LogP contribution in [0.5, 0.6) is 11.5 Å². The maximum absolute atomic E-state index is 5.51. The second-order valence-electron chi connectivity index (χ2n) is 7.25. The third-order valence-electron chi connectivity index (χ3n) is 4.75. The van der Waals surface area contributed by atoms with Crippen molar-refractivity contribution < 1.29 is 9.47 Å². The summed E-state index contributed by atoms with van der Waals surface area (Å²) < 4.78 is 10.9. The molecule has 0 saturated heterocycles. The Labute approximate surface area is 195 Å². The molecule has 0 atom stereocenters. The molecule has 0 spiro atoms. The Morgan fingerprint density at radius 1 is 0.871 bits per heavy atom. The van der Waals surface area contributed by atoms with Gasteiger partial charge in [0.2, 0.25) is 0 Å². The molecule has 4 rings (SSSR count). The summed E-state index contributed by atoms with van der Waals surface area (Å²) in [7, 11) is 3.33. The quantitative estimate of drug-likeness (QED) is 0.212. The number of thiophene rings is 2. The molecule has 0 aliphatic rings.